The van der Waals surface area contributed by atoms with Gasteiger partial charge in [-0.1, -0.05) is 6.92 Å². The molecule has 0 bridgehead atoms. The molecule has 0 radical (unpaired) electrons. The number of nitriles is 1. The van der Waals surface area contributed by atoms with Crippen LogP contribution in [-0.2, 0) is 14.3 Å². The second kappa shape index (κ2) is 3.35. The van der Waals surface area contributed by atoms with Crippen molar-refractivity contribution in [1.29, 1.82) is 5.26 Å². The number of rotatable bonds is 3. The van der Waals surface area contributed by atoms with Crippen LogP contribution in [0.3, 0.4) is 0 Å². The van der Waals surface area contributed by atoms with Gasteiger partial charge in [-0.05, 0) is 67.6 Å². The molecule has 5 heteroatoms. The number of hydrogen-bond acceptors (Lipinski definition) is 4. The van der Waals surface area contributed by atoms with Crippen LogP contribution in [0.2, 0.25) is 0 Å². The molecule has 6 saturated carbocycles. The molecule has 8 unspecified atom stereocenters. The number of nitrogens with zero attached hydrogens (tertiary/aromatic N) is 1. The van der Waals surface area contributed by atoms with E-state index in [0.717, 1.165) is 44.9 Å². The lowest BCUT2D eigenvalue weighted by atomic mass is 9.71. The molecule has 0 amide bonds. The zero-order valence-electron chi connectivity index (χ0n) is 14.7. The van der Waals surface area contributed by atoms with E-state index in [0.29, 0.717) is 0 Å². The van der Waals surface area contributed by atoms with Crippen LogP contribution in [0.4, 0.5) is 0 Å². The van der Waals surface area contributed by atoms with Crippen molar-refractivity contribution in [3.63, 3.8) is 0 Å². The highest BCUT2D eigenvalue weighted by molar-refractivity contribution is 5.86. The van der Waals surface area contributed by atoms with E-state index in [2.05, 4.69) is 13.0 Å². The molecular formula is C20H23NO4. The van der Waals surface area contributed by atoms with Gasteiger partial charge in [0.25, 0.3) is 0 Å². The third-order valence-corrected chi connectivity index (χ3v) is 10.1. The Bertz CT molecular complexity index is 832. The Kier molecular flexibility index (Phi) is 1.96. The fraction of sp³-hybridized carbons (Fsp3) is 0.850. The van der Waals surface area contributed by atoms with Crippen molar-refractivity contribution >= 4 is 11.9 Å². The first-order chi connectivity index (χ1) is 11.7. The summed E-state index contributed by atoms with van der Waals surface area (Å²) in [6.07, 6.45) is 5.91. The Morgan fingerprint density at radius 1 is 1.20 bits per heavy atom. The van der Waals surface area contributed by atoms with Crippen molar-refractivity contribution in [3.05, 3.63) is 0 Å². The number of hydrogen-bond donors (Lipinski definition) is 1. The van der Waals surface area contributed by atoms with Crippen molar-refractivity contribution in [2.75, 3.05) is 7.11 Å². The first-order valence-electron chi connectivity index (χ1n) is 9.48. The lowest BCUT2D eigenvalue weighted by Crippen LogP contribution is -2.33. The Hall–Kier alpha value is -1.57. The van der Waals surface area contributed by atoms with Crippen LogP contribution in [0.25, 0.3) is 0 Å². The maximum Gasteiger partial charge on any atom is 0.312 e. The zero-order chi connectivity index (χ0) is 17.7. The average molecular weight is 341 g/mol. The highest BCUT2D eigenvalue weighted by Crippen LogP contribution is 3.01. The van der Waals surface area contributed by atoms with E-state index in [9.17, 15) is 20.0 Å². The number of carbonyl (C=O) groups is 2. The number of esters is 1. The van der Waals surface area contributed by atoms with Gasteiger partial charge in [-0.15, -0.1) is 0 Å². The highest BCUT2D eigenvalue weighted by Gasteiger charge is 3.00. The van der Waals surface area contributed by atoms with Gasteiger partial charge in [0.1, 0.15) is 0 Å². The Morgan fingerprint density at radius 3 is 2.52 bits per heavy atom. The van der Waals surface area contributed by atoms with Gasteiger partial charge < -0.3 is 9.84 Å². The van der Waals surface area contributed by atoms with Gasteiger partial charge in [-0.25, -0.2) is 0 Å². The molecule has 132 valence electrons. The molecule has 6 rings (SSSR count). The molecule has 0 aromatic heterocycles. The summed E-state index contributed by atoms with van der Waals surface area (Å²) in [4.78, 5) is 24.8. The molecule has 6 aliphatic carbocycles. The second-order valence-corrected chi connectivity index (χ2v) is 10.3. The first kappa shape index (κ1) is 14.6. The van der Waals surface area contributed by atoms with Crippen LogP contribution in [0.15, 0.2) is 0 Å². The van der Waals surface area contributed by atoms with Gasteiger partial charge in [0.05, 0.1) is 29.4 Å². The molecule has 6 aliphatic rings. The molecule has 6 fully saturated rings. The second-order valence-electron chi connectivity index (χ2n) is 10.3. The van der Waals surface area contributed by atoms with E-state index in [1.54, 1.807) is 0 Å². The standard InChI is InChI=1S/C20H23NO4/c1-15-3-4-19(13(22)23)12(20(15,19)7-15)11-5-16(10-21)8-18(16)9-17(18,6-11)14(24)25-2/h11-12H,3-9H2,1-2H3,(H,22,23). The first-order valence-corrected chi connectivity index (χ1v) is 9.48. The van der Waals surface area contributed by atoms with Gasteiger partial charge in [0.15, 0.2) is 0 Å². The van der Waals surface area contributed by atoms with E-state index in [-0.39, 0.29) is 34.1 Å². The van der Waals surface area contributed by atoms with Gasteiger partial charge in [-0.3, -0.25) is 9.59 Å². The lowest BCUT2D eigenvalue weighted by Gasteiger charge is -2.32. The minimum Gasteiger partial charge on any atom is -0.481 e. The van der Waals surface area contributed by atoms with Crippen LogP contribution < -0.4 is 0 Å². The topological polar surface area (TPSA) is 87.4 Å². The summed E-state index contributed by atoms with van der Waals surface area (Å²) in [5, 5.41) is 19.9. The number of carboxylic acids is 1. The quantitative estimate of drug-likeness (QED) is 0.798. The molecule has 0 aromatic rings. The van der Waals surface area contributed by atoms with E-state index >= 15 is 0 Å². The molecule has 8 atom stereocenters. The van der Waals surface area contributed by atoms with Crippen molar-refractivity contribution in [2.24, 2.45) is 44.3 Å². The van der Waals surface area contributed by atoms with Gasteiger partial charge >= 0.3 is 11.9 Å². The molecule has 0 aliphatic heterocycles. The zero-order valence-corrected chi connectivity index (χ0v) is 14.7. The van der Waals surface area contributed by atoms with Crippen LogP contribution in [0.5, 0.6) is 0 Å². The van der Waals surface area contributed by atoms with Crippen LogP contribution in [0.1, 0.15) is 51.9 Å². The normalized spacial score (nSPS) is 63.9. The van der Waals surface area contributed by atoms with E-state index in [1.165, 1.54) is 7.11 Å². The number of methoxy groups -OCH3 is 1. The number of aliphatic carboxylic acids is 1. The molecule has 1 N–H and O–H groups in total. The van der Waals surface area contributed by atoms with Gasteiger partial charge in [0, 0.05) is 5.41 Å². The maximum absolute atomic E-state index is 12.6. The summed E-state index contributed by atoms with van der Waals surface area (Å²) in [6, 6.07) is 2.54. The van der Waals surface area contributed by atoms with Crippen LogP contribution >= 0.6 is 0 Å². The molecule has 2 spiro atoms. The fourth-order valence-corrected chi connectivity index (χ4v) is 9.06. The summed E-state index contributed by atoms with van der Waals surface area (Å²) >= 11 is 0. The Morgan fingerprint density at radius 2 is 1.96 bits per heavy atom. The van der Waals surface area contributed by atoms with Crippen LogP contribution in [-0.4, -0.2) is 24.2 Å². The maximum atomic E-state index is 12.6. The van der Waals surface area contributed by atoms with E-state index in [1.807, 2.05) is 0 Å². The van der Waals surface area contributed by atoms with Gasteiger partial charge in [-0.2, -0.15) is 5.26 Å². The monoisotopic (exact) mass is 341 g/mol. The number of ether oxygens (including phenoxy) is 1. The summed E-state index contributed by atoms with van der Waals surface area (Å²) in [5.41, 5.74) is -1.50. The third kappa shape index (κ3) is 1.05. The molecule has 0 saturated heterocycles. The highest BCUT2D eigenvalue weighted by atomic mass is 16.5. The molecular weight excluding hydrogens is 318 g/mol. The third-order valence-electron chi connectivity index (χ3n) is 10.1. The summed E-state index contributed by atoms with van der Waals surface area (Å²) in [7, 11) is 1.43. The summed E-state index contributed by atoms with van der Waals surface area (Å²) < 4.78 is 5.12. The summed E-state index contributed by atoms with van der Waals surface area (Å²) in [6.45, 7) is 2.25. The lowest BCUT2D eigenvalue weighted by molar-refractivity contribution is -0.150. The molecule has 25 heavy (non-hydrogen) atoms. The van der Waals surface area contributed by atoms with Crippen molar-refractivity contribution in [1.82, 2.24) is 0 Å². The predicted molar refractivity (Wildman–Crippen MR) is 84.8 cm³/mol. The average Bonchev–Trinajstić information content (AvgIpc) is 3.47. The fourth-order valence-electron chi connectivity index (χ4n) is 9.06. The van der Waals surface area contributed by atoms with Crippen molar-refractivity contribution in [2.45, 2.75) is 51.9 Å². The minimum atomic E-state index is -0.639. The van der Waals surface area contributed by atoms with Crippen molar-refractivity contribution in [3.8, 4) is 6.07 Å². The Balaban J connectivity index is 1.41. The SMILES string of the molecule is COC(=O)C12CC(C3C4(C(=O)O)CCC5(C)CC354)CC3(C#N)CC31C2. The molecule has 0 heterocycles. The number of carboxylic acid groups (broad SMARTS) is 1. The molecule has 5 nitrogen and oxygen atoms in total. The van der Waals surface area contributed by atoms with Crippen molar-refractivity contribution < 1.29 is 19.4 Å². The molecule has 0 aromatic carbocycles. The summed E-state index contributed by atoms with van der Waals surface area (Å²) in [5.74, 6) is -0.474. The minimum absolute atomic E-state index is 0.0474. The number of carbonyl (C=O) groups excluding carboxylic acids is 1. The van der Waals surface area contributed by atoms with Crippen LogP contribution in [0, 0.1) is 55.7 Å². The van der Waals surface area contributed by atoms with E-state index in [4.69, 9.17) is 4.74 Å². The Labute approximate surface area is 146 Å². The smallest absolute Gasteiger partial charge is 0.312 e. The van der Waals surface area contributed by atoms with Gasteiger partial charge in [0.2, 0.25) is 0 Å². The predicted octanol–water partition coefficient (Wildman–Crippen LogP) is 2.75. The largest absolute Gasteiger partial charge is 0.481 e. The van der Waals surface area contributed by atoms with E-state index < -0.39 is 22.2 Å².